The zero-order valence-electron chi connectivity index (χ0n) is 18.2. The predicted octanol–water partition coefficient (Wildman–Crippen LogP) is 1.33. The van der Waals surface area contributed by atoms with E-state index in [2.05, 4.69) is 10.1 Å². The number of anilines is 1. The second kappa shape index (κ2) is 11.5. The van der Waals surface area contributed by atoms with Crippen LogP contribution in [0.25, 0.3) is 11.1 Å². The zero-order chi connectivity index (χ0) is 24.7. The van der Waals surface area contributed by atoms with Crippen molar-refractivity contribution < 1.29 is 33.4 Å². The number of amidine groups is 1. The molecule has 1 fully saturated rings. The molecule has 10 nitrogen and oxygen atoms in total. The molecule has 0 amide bonds. The SMILES string of the molecule is N=C(N)CC(=O)OCc1cccc(-c2cnc(N3CC(=NOCCC(O)CO)C3)c(F)c2)c1F. The number of oxime groups is 1. The van der Waals surface area contributed by atoms with Gasteiger partial charge in [-0.15, -0.1) is 0 Å². The highest BCUT2D eigenvalue weighted by Crippen LogP contribution is 2.29. The van der Waals surface area contributed by atoms with Gasteiger partial charge in [0.2, 0.25) is 0 Å². The first kappa shape index (κ1) is 25.0. The van der Waals surface area contributed by atoms with Gasteiger partial charge in [0, 0.05) is 29.3 Å². The lowest BCUT2D eigenvalue weighted by Crippen LogP contribution is -2.48. The van der Waals surface area contributed by atoms with E-state index in [0.29, 0.717) is 18.8 Å². The molecule has 34 heavy (non-hydrogen) atoms. The second-order valence-corrected chi connectivity index (χ2v) is 7.64. The number of nitrogens with two attached hydrogens (primary N) is 1. The molecule has 0 spiro atoms. The Balaban J connectivity index is 1.61. The van der Waals surface area contributed by atoms with Gasteiger partial charge in [0.25, 0.3) is 0 Å². The Morgan fingerprint density at radius 3 is 2.79 bits per heavy atom. The van der Waals surface area contributed by atoms with Crippen molar-refractivity contribution in [3.63, 3.8) is 0 Å². The standard InChI is InChI=1S/C22H25F2N5O5/c23-18-6-14(17-3-1-2-13(21(17)24)12-33-20(32)7-19(25)26)8-27-22(18)29-9-15(10-29)28-34-5-4-16(31)11-30/h1-3,6,8,16,30-31H,4-5,7,9-12H2,(H3,25,26). The molecular formula is C22H25F2N5O5. The molecule has 5 N–H and O–H groups in total. The Hall–Kier alpha value is -3.64. The largest absolute Gasteiger partial charge is 0.460 e. The van der Waals surface area contributed by atoms with Crippen LogP contribution >= 0.6 is 0 Å². The Kier molecular flexibility index (Phi) is 8.44. The van der Waals surface area contributed by atoms with Gasteiger partial charge >= 0.3 is 5.97 Å². The summed E-state index contributed by atoms with van der Waals surface area (Å²) in [4.78, 5) is 22.4. The van der Waals surface area contributed by atoms with Crippen molar-refractivity contribution in [1.29, 1.82) is 5.41 Å². The lowest BCUT2D eigenvalue weighted by Gasteiger charge is -2.33. The minimum Gasteiger partial charge on any atom is -0.460 e. The molecule has 3 rings (SSSR count). The van der Waals surface area contributed by atoms with E-state index in [1.165, 1.54) is 24.4 Å². The van der Waals surface area contributed by atoms with Gasteiger partial charge in [0.05, 0.1) is 31.5 Å². The molecule has 1 aliphatic rings. The fourth-order valence-electron chi connectivity index (χ4n) is 3.11. The summed E-state index contributed by atoms with van der Waals surface area (Å²) < 4.78 is 34.6. The number of esters is 1. The fraction of sp³-hybridized carbons (Fsp3) is 0.364. The summed E-state index contributed by atoms with van der Waals surface area (Å²) in [6.45, 7) is 0.0593. The molecule has 0 bridgehead atoms. The number of hydrogen-bond acceptors (Lipinski definition) is 9. The number of rotatable bonds is 11. The average molecular weight is 477 g/mol. The van der Waals surface area contributed by atoms with E-state index in [4.69, 9.17) is 25.8 Å². The Morgan fingerprint density at radius 2 is 2.12 bits per heavy atom. The highest BCUT2D eigenvalue weighted by molar-refractivity contribution is 5.99. The molecule has 0 saturated carbocycles. The number of nitrogens with zero attached hydrogens (tertiary/aromatic N) is 3. The fourth-order valence-corrected chi connectivity index (χ4v) is 3.11. The molecule has 182 valence electrons. The minimum atomic E-state index is -0.859. The van der Waals surface area contributed by atoms with E-state index >= 15 is 0 Å². The molecule has 1 atom stereocenters. The van der Waals surface area contributed by atoms with Crippen molar-refractivity contribution in [2.24, 2.45) is 10.9 Å². The van der Waals surface area contributed by atoms with Crippen molar-refractivity contribution in [2.45, 2.75) is 25.6 Å². The summed E-state index contributed by atoms with van der Waals surface area (Å²) in [7, 11) is 0. The molecule has 2 aromatic rings. The van der Waals surface area contributed by atoms with Crippen LogP contribution in [0.4, 0.5) is 14.6 Å². The van der Waals surface area contributed by atoms with Gasteiger partial charge in [-0.3, -0.25) is 10.2 Å². The number of carbonyl (C=O) groups is 1. The third-order valence-electron chi connectivity index (χ3n) is 4.93. The highest BCUT2D eigenvalue weighted by atomic mass is 19.1. The maximum atomic E-state index is 14.9. The van der Waals surface area contributed by atoms with Gasteiger partial charge in [-0.2, -0.15) is 0 Å². The summed E-state index contributed by atoms with van der Waals surface area (Å²) in [5.74, 6) is -2.32. The molecule has 0 aliphatic carbocycles. The maximum Gasteiger partial charge on any atom is 0.313 e. The smallest absolute Gasteiger partial charge is 0.313 e. The van der Waals surface area contributed by atoms with Crippen LogP contribution in [0.3, 0.4) is 0 Å². The summed E-state index contributed by atoms with van der Waals surface area (Å²) >= 11 is 0. The second-order valence-electron chi connectivity index (χ2n) is 7.64. The number of aliphatic hydroxyl groups is 2. The Morgan fingerprint density at radius 1 is 1.35 bits per heavy atom. The van der Waals surface area contributed by atoms with Gasteiger partial charge in [-0.25, -0.2) is 13.8 Å². The number of aliphatic hydroxyl groups excluding tert-OH is 2. The van der Waals surface area contributed by atoms with E-state index in [1.54, 1.807) is 11.0 Å². The van der Waals surface area contributed by atoms with Gasteiger partial charge in [0.15, 0.2) is 11.6 Å². The van der Waals surface area contributed by atoms with Crippen LogP contribution in [-0.2, 0) is 21.0 Å². The summed E-state index contributed by atoms with van der Waals surface area (Å²) in [5, 5.41) is 29.0. The first-order valence-corrected chi connectivity index (χ1v) is 10.4. The molecule has 1 aliphatic heterocycles. The molecule has 12 heteroatoms. The summed E-state index contributed by atoms with van der Waals surface area (Å²) in [6, 6.07) is 5.63. The average Bonchev–Trinajstić information content (AvgIpc) is 2.77. The van der Waals surface area contributed by atoms with Crippen LogP contribution in [0.15, 0.2) is 35.6 Å². The van der Waals surface area contributed by atoms with Crippen LogP contribution in [-0.4, -0.2) is 65.1 Å². The van der Waals surface area contributed by atoms with Crippen LogP contribution < -0.4 is 10.6 Å². The van der Waals surface area contributed by atoms with E-state index < -0.39 is 23.7 Å². The van der Waals surface area contributed by atoms with Gasteiger partial charge in [0.1, 0.15) is 31.3 Å². The summed E-state index contributed by atoms with van der Waals surface area (Å²) in [5.41, 5.74) is 6.22. The molecular weight excluding hydrogens is 452 g/mol. The first-order valence-electron chi connectivity index (χ1n) is 10.4. The van der Waals surface area contributed by atoms with Crippen LogP contribution in [0.1, 0.15) is 18.4 Å². The number of nitrogens with one attached hydrogen (secondary N) is 1. The van der Waals surface area contributed by atoms with E-state index in [0.717, 1.165) is 0 Å². The number of hydrogen-bond donors (Lipinski definition) is 4. The number of ether oxygens (including phenoxy) is 1. The third-order valence-corrected chi connectivity index (χ3v) is 4.93. The van der Waals surface area contributed by atoms with Crippen molar-refractivity contribution >= 4 is 23.3 Å². The predicted molar refractivity (Wildman–Crippen MR) is 119 cm³/mol. The highest BCUT2D eigenvalue weighted by Gasteiger charge is 2.27. The van der Waals surface area contributed by atoms with Gasteiger partial charge < -0.3 is 30.4 Å². The monoisotopic (exact) mass is 477 g/mol. The number of benzene rings is 1. The molecule has 2 heterocycles. The van der Waals surface area contributed by atoms with Crippen LogP contribution in [0.2, 0.25) is 0 Å². The number of aromatic nitrogens is 1. The van der Waals surface area contributed by atoms with Crippen molar-refractivity contribution in [3.05, 3.63) is 47.7 Å². The van der Waals surface area contributed by atoms with E-state index in [-0.39, 0.29) is 61.0 Å². The number of pyridine rings is 1. The van der Waals surface area contributed by atoms with E-state index in [1.807, 2.05) is 0 Å². The molecule has 1 aromatic heterocycles. The lowest BCUT2D eigenvalue weighted by molar-refractivity contribution is -0.143. The Bertz CT molecular complexity index is 1070. The topological polar surface area (TPSA) is 154 Å². The first-order chi connectivity index (χ1) is 16.3. The van der Waals surface area contributed by atoms with Crippen molar-refractivity contribution in [2.75, 3.05) is 31.2 Å². The van der Waals surface area contributed by atoms with Crippen LogP contribution in [0, 0.1) is 17.0 Å². The lowest BCUT2D eigenvalue weighted by atomic mass is 10.0. The van der Waals surface area contributed by atoms with Gasteiger partial charge in [-0.1, -0.05) is 23.4 Å². The van der Waals surface area contributed by atoms with Gasteiger partial charge in [-0.05, 0) is 6.07 Å². The maximum absolute atomic E-state index is 14.9. The summed E-state index contributed by atoms with van der Waals surface area (Å²) in [6.07, 6.45) is 0.347. The van der Waals surface area contributed by atoms with Crippen molar-refractivity contribution in [1.82, 2.24) is 4.98 Å². The molecule has 1 aromatic carbocycles. The minimum absolute atomic E-state index is 0.0909. The molecule has 0 radical (unpaired) electrons. The molecule has 1 unspecified atom stereocenters. The zero-order valence-corrected chi connectivity index (χ0v) is 18.2. The Labute approximate surface area is 194 Å². The normalized spacial score (nSPS) is 13.8. The number of halogens is 2. The van der Waals surface area contributed by atoms with Crippen LogP contribution in [0.5, 0.6) is 0 Å². The third kappa shape index (κ3) is 6.45. The molecule has 1 saturated heterocycles. The van der Waals surface area contributed by atoms with Crippen molar-refractivity contribution in [3.8, 4) is 11.1 Å². The quantitative estimate of drug-likeness (QED) is 0.124. The van der Waals surface area contributed by atoms with E-state index in [9.17, 15) is 18.7 Å². The number of carbonyl (C=O) groups excluding carboxylic acids is 1.